The van der Waals surface area contributed by atoms with Gasteiger partial charge in [0.15, 0.2) is 0 Å². The van der Waals surface area contributed by atoms with Gasteiger partial charge >= 0.3 is 0 Å². The molecule has 0 heterocycles. The van der Waals surface area contributed by atoms with E-state index in [-0.39, 0.29) is 0 Å². The maximum Gasteiger partial charge on any atom is 0.133 e. The number of aliphatic hydroxyl groups excluding tert-OH is 1. The molecule has 0 aliphatic carbocycles. The molecule has 0 rings (SSSR count). The maximum atomic E-state index is 9.39. The molecular weight excluding hydrogens is 176 g/mol. The number of allylic oxidation sites excluding steroid dienone is 1. The molecule has 0 aromatic carbocycles. The zero-order chi connectivity index (χ0) is 10.5. The van der Waals surface area contributed by atoms with Crippen molar-refractivity contribution in [2.24, 2.45) is 0 Å². The van der Waals surface area contributed by atoms with Gasteiger partial charge in [-0.3, -0.25) is 0 Å². The highest BCUT2D eigenvalue weighted by Crippen LogP contribution is 1.98. The smallest absolute Gasteiger partial charge is 0.133 e. The van der Waals surface area contributed by atoms with Crippen LogP contribution in [0.5, 0.6) is 0 Å². The third kappa shape index (κ3) is 7.40. The molecule has 0 spiro atoms. The van der Waals surface area contributed by atoms with Crippen molar-refractivity contribution in [3.8, 4) is 23.8 Å². The fourth-order valence-corrected chi connectivity index (χ4v) is 1.20. The summed E-state index contributed by atoms with van der Waals surface area (Å²) in [6.07, 6.45) is 6.00. The van der Waals surface area contributed by atoms with Crippen LogP contribution in [0.4, 0.5) is 0 Å². The number of hydrogen-bond acceptors (Lipinski definition) is 1. The first-order chi connectivity index (χ1) is 5.85. The number of rotatable bonds is 1. The summed E-state index contributed by atoms with van der Waals surface area (Å²) in [5, 5.41) is 9.39. The second-order valence-electron chi connectivity index (χ2n) is 3.96. The molecule has 0 saturated carbocycles. The topological polar surface area (TPSA) is 20.2 Å². The first-order valence-electron chi connectivity index (χ1n) is 4.21. The quantitative estimate of drug-likeness (QED) is 0.496. The van der Waals surface area contributed by atoms with E-state index < -0.39 is 14.2 Å². The second kappa shape index (κ2) is 4.92. The van der Waals surface area contributed by atoms with Crippen LogP contribution in [0.15, 0.2) is 11.6 Å². The van der Waals surface area contributed by atoms with Crippen LogP contribution in [0, 0.1) is 23.8 Å². The molecule has 0 radical (unpaired) electrons. The van der Waals surface area contributed by atoms with Gasteiger partial charge in [0.2, 0.25) is 0 Å². The molecule has 0 fully saturated rings. The van der Waals surface area contributed by atoms with Crippen LogP contribution in [0.1, 0.15) is 6.92 Å². The van der Waals surface area contributed by atoms with Gasteiger partial charge in [0.25, 0.3) is 0 Å². The molecule has 0 amide bonds. The van der Waals surface area contributed by atoms with Crippen LogP contribution in [0.25, 0.3) is 0 Å². The second-order valence-corrected chi connectivity index (χ2v) is 8.71. The fourth-order valence-electron chi connectivity index (χ4n) is 0.617. The molecule has 70 valence electrons. The van der Waals surface area contributed by atoms with Crippen molar-refractivity contribution in [2.75, 3.05) is 0 Å². The van der Waals surface area contributed by atoms with E-state index in [0.29, 0.717) is 0 Å². The Bertz CT molecular complexity index is 291. The third-order valence-corrected chi connectivity index (χ3v) is 2.12. The highest BCUT2D eigenvalue weighted by Gasteiger charge is 2.07. The van der Waals surface area contributed by atoms with Crippen molar-refractivity contribution in [3.63, 3.8) is 0 Å². The highest BCUT2D eigenvalue weighted by atomic mass is 28.3. The van der Waals surface area contributed by atoms with E-state index in [1.54, 1.807) is 13.0 Å². The Hall–Kier alpha value is -0.963. The number of aliphatic hydroxyl groups is 1. The molecule has 1 atom stereocenters. The molecule has 0 saturated heterocycles. The lowest BCUT2D eigenvalue weighted by atomic mass is 10.2. The Morgan fingerprint density at radius 2 is 2.00 bits per heavy atom. The Balaban J connectivity index is 4.40. The molecular formula is C11H16OSi. The van der Waals surface area contributed by atoms with E-state index in [4.69, 9.17) is 6.42 Å². The van der Waals surface area contributed by atoms with E-state index in [1.807, 2.05) is 0 Å². The SMILES string of the molecule is C#C/C(C)=C\[C@H](O)C#C[Si](C)(C)C. The third-order valence-electron chi connectivity index (χ3n) is 1.23. The molecule has 0 aliphatic rings. The Morgan fingerprint density at radius 1 is 1.46 bits per heavy atom. The average molecular weight is 192 g/mol. The molecule has 1 nitrogen and oxygen atoms in total. The molecule has 13 heavy (non-hydrogen) atoms. The molecule has 0 aromatic rings. The van der Waals surface area contributed by atoms with Gasteiger partial charge in [0.1, 0.15) is 14.2 Å². The van der Waals surface area contributed by atoms with Gasteiger partial charge in [-0.25, -0.2) is 0 Å². The summed E-state index contributed by atoms with van der Waals surface area (Å²) in [7, 11) is -1.38. The summed E-state index contributed by atoms with van der Waals surface area (Å²) in [4.78, 5) is 0. The van der Waals surface area contributed by atoms with Crippen molar-refractivity contribution in [3.05, 3.63) is 11.6 Å². The minimum absolute atomic E-state index is 0.720. The largest absolute Gasteiger partial charge is 0.377 e. The standard InChI is InChI=1S/C11H16OSi/c1-6-10(2)9-11(12)7-8-13(3,4)5/h1,9,11-12H,2-5H3/b10-9-/t11-/m1/s1. The fraction of sp³-hybridized carbons (Fsp3) is 0.455. The normalized spacial score (nSPS) is 14.0. The summed E-state index contributed by atoms with van der Waals surface area (Å²) >= 11 is 0. The summed E-state index contributed by atoms with van der Waals surface area (Å²) in [6, 6.07) is 0. The minimum Gasteiger partial charge on any atom is -0.377 e. The van der Waals surface area contributed by atoms with E-state index in [0.717, 1.165) is 5.57 Å². The predicted octanol–water partition coefficient (Wildman–Crippen LogP) is 1.81. The van der Waals surface area contributed by atoms with Crippen molar-refractivity contribution >= 4 is 8.07 Å². The summed E-state index contributed by atoms with van der Waals surface area (Å²) < 4.78 is 0. The van der Waals surface area contributed by atoms with Crippen LogP contribution < -0.4 is 0 Å². The van der Waals surface area contributed by atoms with Gasteiger partial charge in [-0.1, -0.05) is 31.5 Å². The molecule has 0 bridgehead atoms. The van der Waals surface area contributed by atoms with Gasteiger partial charge in [0, 0.05) is 0 Å². The predicted molar refractivity (Wildman–Crippen MR) is 59.7 cm³/mol. The number of hydrogen-bond donors (Lipinski definition) is 1. The maximum absolute atomic E-state index is 9.39. The molecule has 1 N–H and O–H groups in total. The first kappa shape index (κ1) is 12.0. The average Bonchev–Trinajstić information content (AvgIpc) is 1.99. The van der Waals surface area contributed by atoms with Crippen LogP contribution in [-0.4, -0.2) is 19.3 Å². The van der Waals surface area contributed by atoms with Crippen LogP contribution in [0.2, 0.25) is 19.6 Å². The van der Waals surface area contributed by atoms with Crippen molar-refractivity contribution in [1.29, 1.82) is 0 Å². The van der Waals surface area contributed by atoms with Gasteiger partial charge in [-0.05, 0) is 18.6 Å². The van der Waals surface area contributed by atoms with E-state index in [2.05, 4.69) is 37.0 Å². The monoisotopic (exact) mass is 192 g/mol. The minimum atomic E-state index is -1.38. The molecule has 0 aromatic heterocycles. The molecule has 0 aliphatic heterocycles. The lowest BCUT2D eigenvalue weighted by Crippen LogP contribution is -2.17. The van der Waals surface area contributed by atoms with Crippen LogP contribution in [0.3, 0.4) is 0 Å². The Morgan fingerprint density at radius 3 is 2.38 bits per heavy atom. The number of terminal acetylenes is 1. The molecule has 2 heteroatoms. The van der Waals surface area contributed by atoms with E-state index in [9.17, 15) is 5.11 Å². The molecule has 0 unspecified atom stereocenters. The van der Waals surface area contributed by atoms with Crippen molar-refractivity contribution in [1.82, 2.24) is 0 Å². The summed E-state index contributed by atoms with van der Waals surface area (Å²) in [5.41, 5.74) is 3.80. The summed E-state index contributed by atoms with van der Waals surface area (Å²) in [5.74, 6) is 5.22. The lowest BCUT2D eigenvalue weighted by molar-refractivity contribution is 0.280. The highest BCUT2D eigenvalue weighted by molar-refractivity contribution is 6.83. The lowest BCUT2D eigenvalue weighted by Gasteiger charge is -2.04. The van der Waals surface area contributed by atoms with Crippen molar-refractivity contribution in [2.45, 2.75) is 32.7 Å². The Kier molecular flexibility index (Phi) is 4.55. The van der Waals surface area contributed by atoms with Crippen LogP contribution in [-0.2, 0) is 0 Å². The van der Waals surface area contributed by atoms with Crippen molar-refractivity contribution < 1.29 is 5.11 Å². The first-order valence-corrected chi connectivity index (χ1v) is 7.71. The van der Waals surface area contributed by atoms with Gasteiger partial charge in [-0.2, -0.15) is 0 Å². The van der Waals surface area contributed by atoms with Gasteiger partial charge in [0.05, 0.1) is 0 Å². The zero-order valence-electron chi connectivity index (χ0n) is 8.68. The summed E-state index contributed by atoms with van der Waals surface area (Å²) in [6.45, 7) is 8.17. The van der Waals surface area contributed by atoms with Gasteiger partial charge < -0.3 is 5.11 Å². The zero-order valence-corrected chi connectivity index (χ0v) is 9.68. The van der Waals surface area contributed by atoms with E-state index >= 15 is 0 Å². The van der Waals surface area contributed by atoms with Gasteiger partial charge in [-0.15, -0.1) is 12.0 Å². The van der Waals surface area contributed by atoms with E-state index in [1.165, 1.54) is 0 Å². The Labute approximate surface area is 81.9 Å². The van der Waals surface area contributed by atoms with Crippen LogP contribution >= 0.6 is 0 Å².